The van der Waals surface area contributed by atoms with Crippen molar-refractivity contribution in [3.8, 4) is 5.75 Å². The van der Waals surface area contributed by atoms with E-state index in [1.807, 2.05) is 32.0 Å². The van der Waals surface area contributed by atoms with Crippen molar-refractivity contribution in [2.45, 2.75) is 13.8 Å². The minimum absolute atomic E-state index is 0.0296. The number of hydrogen-bond acceptors (Lipinski definition) is 6. The first-order valence-electron chi connectivity index (χ1n) is 10.2. The molecular formula is C26H21N2O5-. The molecule has 0 atom stereocenters. The Kier molecular flexibility index (Phi) is 5.95. The molecule has 1 N–H and O–H groups in total. The van der Waals surface area contributed by atoms with Crippen LogP contribution in [0.25, 0.3) is 11.0 Å². The summed E-state index contributed by atoms with van der Waals surface area (Å²) in [5.41, 5.74) is 3.97. The van der Waals surface area contributed by atoms with E-state index < -0.39 is 5.97 Å². The predicted molar refractivity (Wildman–Crippen MR) is 123 cm³/mol. The van der Waals surface area contributed by atoms with Crippen molar-refractivity contribution in [1.82, 2.24) is 0 Å². The number of anilines is 1. The Hall–Kier alpha value is -4.39. The molecule has 4 rings (SSSR count). The number of fused-ring (bicyclic) bond motifs is 1. The molecule has 0 radical (unpaired) electrons. The van der Waals surface area contributed by atoms with E-state index in [0.29, 0.717) is 28.1 Å². The summed E-state index contributed by atoms with van der Waals surface area (Å²) in [5.74, 6) is -1.06. The lowest BCUT2D eigenvalue weighted by atomic mass is 10.1. The van der Waals surface area contributed by atoms with Gasteiger partial charge in [0.1, 0.15) is 16.9 Å². The van der Waals surface area contributed by atoms with Gasteiger partial charge in [-0.25, -0.2) is 4.99 Å². The van der Waals surface area contributed by atoms with Crippen LogP contribution in [0.5, 0.6) is 5.75 Å². The molecule has 166 valence electrons. The molecule has 4 aromatic rings. The van der Waals surface area contributed by atoms with Gasteiger partial charge in [-0.15, -0.1) is 0 Å². The van der Waals surface area contributed by atoms with Crippen LogP contribution >= 0.6 is 0 Å². The summed E-state index contributed by atoms with van der Waals surface area (Å²) in [6.45, 7) is 3.91. The van der Waals surface area contributed by atoms with Crippen LogP contribution in [0.15, 0.2) is 76.1 Å². The maximum atomic E-state index is 13.2. The number of carboxylic acid groups (broad SMARTS) is 1. The van der Waals surface area contributed by atoms with Crippen molar-refractivity contribution < 1.29 is 23.8 Å². The van der Waals surface area contributed by atoms with Gasteiger partial charge in [0.2, 0.25) is 5.55 Å². The van der Waals surface area contributed by atoms with E-state index >= 15 is 0 Å². The zero-order chi connectivity index (χ0) is 23.5. The molecule has 7 heteroatoms. The van der Waals surface area contributed by atoms with Crippen LogP contribution in [0.3, 0.4) is 0 Å². The molecule has 0 aliphatic carbocycles. The third-order valence-electron chi connectivity index (χ3n) is 5.02. The van der Waals surface area contributed by atoms with Crippen LogP contribution in [0.1, 0.15) is 31.8 Å². The maximum Gasteiger partial charge on any atom is 0.261 e. The number of carboxylic acids is 1. The fourth-order valence-corrected chi connectivity index (χ4v) is 3.51. The van der Waals surface area contributed by atoms with E-state index in [1.54, 1.807) is 31.4 Å². The number of methoxy groups -OCH3 is 1. The molecule has 0 aliphatic heterocycles. The Labute approximate surface area is 190 Å². The van der Waals surface area contributed by atoms with Crippen LogP contribution in [0, 0.1) is 13.8 Å². The van der Waals surface area contributed by atoms with Gasteiger partial charge in [-0.05, 0) is 73.0 Å². The SMILES string of the molecule is COc1ccc2cc(C(=O)Nc3cc(C)cc(C)c3)c(=Nc3ccc(C(=O)[O-])cc3)oc2c1. The predicted octanol–water partition coefficient (Wildman–Crippen LogP) is 3.91. The lowest BCUT2D eigenvalue weighted by molar-refractivity contribution is -0.255. The third-order valence-corrected chi connectivity index (χ3v) is 5.02. The molecule has 0 saturated carbocycles. The molecule has 0 fully saturated rings. The average Bonchev–Trinajstić information content (AvgIpc) is 2.77. The number of hydrogen-bond donors (Lipinski definition) is 1. The largest absolute Gasteiger partial charge is 0.545 e. The van der Waals surface area contributed by atoms with Gasteiger partial charge >= 0.3 is 0 Å². The van der Waals surface area contributed by atoms with Crippen LogP contribution in [-0.4, -0.2) is 19.0 Å². The quantitative estimate of drug-likeness (QED) is 0.506. The number of ether oxygens (including phenoxy) is 1. The van der Waals surface area contributed by atoms with E-state index in [4.69, 9.17) is 9.15 Å². The molecule has 0 unspecified atom stereocenters. The number of aryl methyl sites for hydroxylation is 2. The zero-order valence-corrected chi connectivity index (χ0v) is 18.3. The van der Waals surface area contributed by atoms with Crippen LogP contribution in [-0.2, 0) is 0 Å². The van der Waals surface area contributed by atoms with E-state index in [0.717, 1.165) is 11.1 Å². The minimum Gasteiger partial charge on any atom is -0.545 e. The molecule has 33 heavy (non-hydrogen) atoms. The van der Waals surface area contributed by atoms with Crippen molar-refractivity contribution in [2.75, 3.05) is 12.4 Å². The molecule has 3 aromatic carbocycles. The number of aromatic carboxylic acids is 1. The van der Waals surface area contributed by atoms with Crippen LogP contribution in [0.2, 0.25) is 0 Å². The third kappa shape index (κ3) is 4.93. The Bertz CT molecular complexity index is 1420. The second kappa shape index (κ2) is 9.00. The van der Waals surface area contributed by atoms with Gasteiger partial charge in [0.15, 0.2) is 0 Å². The van der Waals surface area contributed by atoms with Gasteiger partial charge in [0.05, 0.1) is 18.8 Å². The fraction of sp³-hybridized carbons (Fsp3) is 0.115. The van der Waals surface area contributed by atoms with Crippen molar-refractivity contribution in [3.63, 3.8) is 0 Å². The maximum absolute atomic E-state index is 13.2. The van der Waals surface area contributed by atoms with Crippen molar-refractivity contribution in [1.29, 1.82) is 0 Å². The number of benzene rings is 3. The monoisotopic (exact) mass is 441 g/mol. The summed E-state index contributed by atoms with van der Waals surface area (Å²) >= 11 is 0. The Balaban J connectivity index is 1.84. The van der Waals surface area contributed by atoms with Gasteiger partial charge < -0.3 is 24.4 Å². The van der Waals surface area contributed by atoms with Gasteiger partial charge in [0, 0.05) is 17.1 Å². The lowest BCUT2D eigenvalue weighted by Gasteiger charge is -2.09. The first-order chi connectivity index (χ1) is 15.8. The van der Waals surface area contributed by atoms with Gasteiger partial charge in [-0.1, -0.05) is 18.2 Å². The highest BCUT2D eigenvalue weighted by molar-refractivity contribution is 6.05. The summed E-state index contributed by atoms with van der Waals surface area (Å²) in [6, 6.07) is 18.6. The fourth-order valence-electron chi connectivity index (χ4n) is 3.51. The number of carbonyl (C=O) groups excluding carboxylic acids is 2. The summed E-state index contributed by atoms with van der Waals surface area (Å²) in [4.78, 5) is 28.7. The number of carbonyl (C=O) groups is 2. The molecule has 0 bridgehead atoms. The zero-order valence-electron chi connectivity index (χ0n) is 18.3. The van der Waals surface area contributed by atoms with Crippen LogP contribution in [0.4, 0.5) is 11.4 Å². The summed E-state index contributed by atoms with van der Waals surface area (Å²) in [7, 11) is 1.55. The lowest BCUT2D eigenvalue weighted by Crippen LogP contribution is -2.22. The van der Waals surface area contributed by atoms with E-state index in [9.17, 15) is 14.7 Å². The smallest absolute Gasteiger partial charge is 0.261 e. The summed E-state index contributed by atoms with van der Waals surface area (Å²) in [6.07, 6.45) is 0. The van der Waals surface area contributed by atoms with Gasteiger partial charge in [-0.2, -0.15) is 0 Å². The second-order valence-electron chi connectivity index (χ2n) is 7.65. The minimum atomic E-state index is -1.28. The van der Waals surface area contributed by atoms with Gasteiger partial charge in [-0.3, -0.25) is 4.79 Å². The normalized spacial score (nSPS) is 11.4. The Morgan fingerprint density at radius 3 is 2.27 bits per heavy atom. The highest BCUT2D eigenvalue weighted by atomic mass is 16.5. The molecule has 1 heterocycles. The molecule has 0 aliphatic rings. The highest BCUT2D eigenvalue weighted by Gasteiger charge is 2.14. The standard InChI is InChI=1S/C26H22N2O5/c1-15-10-16(2)12-20(11-15)27-24(29)22-13-18-6-9-21(32-3)14-23(18)33-25(22)28-19-7-4-17(5-8-19)26(30)31/h4-14H,1-3H3,(H,27,29)(H,30,31)/p-1. The Morgan fingerprint density at radius 2 is 1.64 bits per heavy atom. The number of rotatable bonds is 5. The van der Waals surface area contributed by atoms with Crippen molar-refractivity contribution >= 4 is 34.2 Å². The number of nitrogens with zero attached hydrogens (tertiary/aromatic N) is 1. The summed E-state index contributed by atoms with van der Waals surface area (Å²) < 4.78 is 11.3. The van der Waals surface area contributed by atoms with Gasteiger partial charge in [0.25, 0.3) is 5.91 Å². The molecule has 1 amide bonds. The van der Waals surface area contributed by atoms with Crippen molar-refractivity contribution in [3.05, 3.63) is 94.5 Å². The number of amides is 1. The van der Waals surface area contributed by atoms with Crippen LogP contribution < -0.4 is 20.7 Å². The topological polar surface area (TPSA) is 104 Å². The van der Waals surface area contributed by atoms with E-state index in [1.165, 1.54) is 24.3 Å². The highest BCUT2D eigenvalue weighted by Crippen LogP contribution is 2.22. The van der Waals surface area contributed by atoms with E-state index in [-0.39, 0.29) is 22.6 Å². The molecule has 0 saturated heterocycles. The average molecular weight is 441 g/mol. The molecule has 7 nitrogen and oxygen atoms in total. The molecule has 0 spiro atoms. The first kappa shape index (κ1) is 21.8. The summed E-state index contributed by atoms with van der Waals surface area (Å²) in [5, 5.41) is 14.6. The molecular weight excluding hydrogens is 420 g/mol. The van der Waals surface area contributed by atoms with Crippen molar-refractivity contribution in [2.24, 2.45) is 4.99 Å². The second-order valence-corrected chi connectivity index (χ2v) is 7.65. The first-order valence-corrected chi connectivity index (χ1v) is 10.2. The number of nitrogens with one attached hydrogen (secondary N) is 1. The molecule has 1 aromatic heterocycles. The Morgan fingerprint density at radius 1 is 0.939 bits per heavy atom. The van der Waals surface area contributed by atoms with E-state index in [2.05, 4.69) is 10.3 Å².